The van der Waals surface area contributed by atoms with Crippen LogP contribution >= 0.6 is 15.9 Å². The lowest BCUT2D eigenvalue weighted by Gasteiger charge is -2.13. The van der Waals surface area contributed by atoms with Crippen molar-refractivity contribution in [1.29, 1.82) is 0 Å². The van der Waals surface area contributed by atoms with Crippen molar-refractivity contribution in [1.82, 2.24) is 4.72 Å². The quantitative estimate of drug-likeness (QED) is 0.801. The molecule has 1 rings (SSSR count). The van der Waals surface area contributed by atoms with E-state index in [1.54, 1.807) is 13.8 Å². The SMILES string of the molecule is COC(C)CNS(=O)(=O)c1cc(Br)c(C)c(C(=O)O)c1. The molecular formula is C12H16BrNO5S. The van der Waals surface area contributed by atoms with Crippen LogP contribution in [0.1, 0.15) is 22.8 Å². The van der Waals surface area contributed by atoms with E-state index in [2.05, 4.69) is 20.7 Å². The standard InChI is InChI=1S/C12H16BrNO5S/c1-7(19-3)6-14-20(17,18)9-4-10(12(15)16)8(2)11(13)5-9/h4-5,7,14H,6H2,1-3H3,(H,15,16). The number of carbonyl (C=O) groups is 1. The van der Waals surface area contributed by atoms with Crippen LogP contribution in [-0.4, -0.2) is 39.3 Å². The second kappa shape index (κ2) is 6.66. The first-order valence-electron chi connectivity index (χ1n) is 5.75. The molecule has 0 fully saturated rings. The van der Waals surface area contributed by atoms with Crippen LogP contribution < -0.4 is 4.72 Å². The first-order valence-corrected chi connectivity index (χ1v) is 8.02. The van der Waals surface area contributed by atoms with Gasteiger partial charge in [0, 0.05) is 18.1 Å². The lowest BCUT2D eigenvalue weighted by molar-refractivity contribution is 0.0695. The Kier molecular flexibility index (Phi) is 5.69. The van der Waals surface area contributed by atoms with Gasteiger partial charge in [-0.15, -0.1) is 0 Å². The normalized spacial score (nSPS) is 13.2. The number of carboxylic acids is 1. The number of carboxylic acid groups (broad SMARTS) is 1. The van der Waals surface area contributed by atoms with Gasteiger partial charge in [0.05, 0.1) is 16.6 Å². The molecule has 20 heavy (non-hydrogen) atoms. The predicted molar refractivity (Wildman–Crippen MR) is 77.5 cm³/mol. The van der Waals surface area contributed by atoms with E-state index in [4.69, 9.17) is 9.84 Å². The Morgan fingerprint density at radius 2 is 2.10 bits per heavy atom. The van der Waals surface area contributed by atoms with E-state index in [1.165, 1.54) is 13.2 Å². The van der Waals surface area contributed by atoms with Crippen LogP contribution in [0.4, 0.5) is 0 Å². The summed E-state index contributed by atoms with van der Waals surface area (Å²) in [6.45, 7) is 3.42. The van der Waals surface area contributed by atoms with Crippen molar-refractivity contribution in [2.45, 2.75) is 24.8 Å². The lowest BCUT2D eigenvalue weighted by Crippen LogP contribution is -2.31. The number of sulfonamides is 1. The zero-order valence-corrected chi connectivity index (χ0v) is 13.7. The van der Waals surface area contributed by atoms with Crippen LogP contribution in [0.3, 0.4) is 0 Å². The summed E-state index contributed by atoms with van der Waals surface area (Å²) in [5.41, 5.74) is 0.418. The molecule has 0 aromatic heterocycles. The molecular weight excluding hydrogens is 350 g/mol. The van der Waals surface area contributed by atoms with Gasteiger partial charge in [-0.3, -0.25) is 0 Å². The summed E-state index contributed by atoms with van der Waals surface area (Å²) >= 11 is 3.17. The molecule has 6 nitrogen and oxygen atoms in total. The van der Waals surface area contributed by atoms with E-state index in [0.717, 1.165) is 6.07 Å². The molecule has 0 saturated heterocycles. The van der Waals surface area contributed by atoms with Crippen molar-refractivity contribution in [2.24, 2.45) is 0 Å². The molecule has 1 aromatic carbocycles. The van der Waals surface area contributed by atoms with Crippen LogP contribution in [0.5, 0.6) is 0 Å². The smallest absolute Gasteiger partial charge is 0.336 e. The van der Waals surface area contributed by atoms with Crippen molar-refractivity contribution in [3.63, 3.8) is 0 Å². The fourth-order valence-electron chi connectivity index (χ4n) is 1.42. The number of hydrogen-bond donors (Lipinski definition) is 2. The average Bonchev–Trinajstić information content (AvgIpc) is 2.38. The van der Waals surface area contributed by atoms with Crippen LogP contribution in [0, 0.1) is 6.92 Å². The first-order chi connectivity index (χ1) is 9.19. The third kappa shape index (κ3) is 4.02. The third-order valence-corrected chi connectivity index (χ3v) is 5.05. The summed E-state index contributed by atoms with van der Waals surface area (Å²) in [4.78, 5) is 11.0. The van der Waals surface area contributed by atoms with Gasteiger partial charge in [0.15, 0.2) is 0 Å². The van der Waals surface area contributed by atoms with E-state index < -0.39 is 16.0 Å². The molecule has 1 aromatic rings. The maximum Gasteiger partial charge on any atom is 0.336 e. The van der Waals surface area contributed by atoms with E-state index in [9.17, 15) is 13.2 Å². The van der Waals surface area contributed by atoms with Gasteiger partial charge in [0.1, 0.15) is 0 Å². The summed E-state index contributed by atoms with van der Waals surface area (Å²) in [7, 11) is -2.31. The molecule has 1 atom stereocenters. The van der Waals surface area contributed by atoms with Gasteiger partial charge in [-0.25, -0.2) is 17.9 Å². The summed E-state index contributed by atoms with van der Waals surface area (Å²) < 4.78 is 32.0. The average molecular weight is 366 g/mol. The van der Waals surface area contributed by atoms with Gasteiger partial charge in [0.25, 0.3) is 0 Å². The van der Waals surface area contributed by atoms with Crippen LogP contribution in [0.15, 0.2) is 21.5 Å². The summed E-state index contributed by atoms with van der Waals surface area (Å²) in [5, 5.41) is 9.08. The Balaban J connectivity index is 3.16. The van der Waals surface area contributed by atoms with Crippen molar-refractivity contribution in [3.8, 4) is 0 Å². The molecule has 1 unspecified atom stereocenters. The van der Waals surface area contributed by atoms with E-state index in [1.807, 2.05) is 0 Å². The Hall–Kier alpha value is -0.960. The maximum atomic E-state index is 12.1. The second-order valence-corrected chi connectivity index (χ2v) is 6.90. The van der Waals surface area contributed by atoms with Crippen molar-refractivity contribution >= 4 is 31.9 Å². The summed E-state index contributed by atoms with van der Waals surface area (Å²) in [5.74, 6) is -1.18. The monoisotopic (exact) mass is 365 g/mol. The highest BCUT2D eigenvalue weighted by atomic mass is 79.9. The van der Waals surface area contributed by atoms with Gasteiger partial charge in [-0.05, 0) is 31.5 Å². The van der Waals surface area contributed by atoms with Crippen molar-refractivity contribution in [2.75, 3.05) is 13.7 Å². The fraction of sp³-hybridized carbons (Fsp3) is 0.417. The predicted octanol–water partition coefficient (Wildman–Crippen LogP) is 1.77. The molecule has 0 heterocycles. The Bertz CT molecular complexity index is 615. The van der Waals surface area contributed by atoms with Gasteiger partial charge in [0.2, 0.25) is 10.0 Å². The second-order valence-electron chi connectivity index (χ2n) is 4.28. The number of ether oxygens (including phenoxy) is 1. The molecule has 0 aliphatic heterocycles. The zero-order chi connectivity index (χ0) is 15.5. The minimum atomic E-state index is -3.78. The number of benzene rings is 1. The van der Waals surface area contributed by atoms with Crippen LogP contribution in [0.2, 0.25) is 0 Å². The Labute approximate surface area is 126 Å². The molecule has 0 aliphatic carbocycles. The highest BCUT2D eigenvalue weighted by Crippen LogP contribution is 2.24. The highest BCUT2D eigenvalue weighted by molar-refractivity contribution is 9.10. The largest absolute Gasteiger partial charge is 0.478 e. The first kappa shape index (κ1) is 17.1. The molecule has 8 heteroatoms. The molecule has 0 bridgehead atoms. The molecule has 2 N–H and O–H groups in total. The van der Waals surface area contributed by atoms with Crippen LogP contribution in [-0.2, 0) is 14.8 Å². The van der Waals surface area contributed by atoms with Gasteiger partial charge in [-0.2, -0.15) is 0 Å². The van der Waals surface area contributed by atoms with Crippen molar-refractivity contribution < 1.29 is 23.1 Å². The fourth-order valence-corrected chi connectivity index (χ4v) is 3.20. The van der Waals surface area contributed by atoms with Crippen LogP contribution in [0.25, 0.3) is 0 Å². The Morgan fingerprint density at radius 3 is 2.60 bits per heavy atom. The molecule has 112 valence electrons. The number of rotatable bonds is 6. The molecule has 0 saturated carbocycles. The molecule has 0 aliphatic rings. The van der Waals surface area contributed by atoms with Crippen molar-refractivity contribution in [3.05, 3.63) is 27.7 Å². The number of aromatic carboxylic acids is 1. The summed E-state index contributed by atoms with van der Waals surface area (Å²) in [6.07, 6.45) is -0.280. The Morgan fingerprint density at radius 1 is 1.50 bits per heavy atom. The third-order valence-electron chi connectivity index (χ3n) is 2.82. The number of methoxy groups -OCH3 is 1. The van der Waals surface area contributed by atoms with E-state index in [-0.39, 0.29) is 23.1 Å². The zero-order valence-electron chi connectivity index (χ0n) is 11.3. The number of halogens is 1. The highest BCUT2D eigenvalue weighted by Gasteiger charge is 2.20. The summed E-state index contributed by atoms with van der Waals surface area (Å²) in [6, 6.07) is 2.52. The maximum absolute atomic E-state index is 12.1. The van der Waals surface area contributed by atoms with E-state index >= 15 is 0 Å². The van der Waals surface area contributed by atoms with Gasteiger partial charge >= 0.3 is 5.97 Å². The molecule has 0 spiro atoms. The topological polar surface area (TPSA) is 92.7 Å². The van der Waals surface area contributed by atoms with E-state index in [0.29, 0.717) is 10.0 Å². The lowest BCUT2D eigenvalue weighted by atomic mass is 10.1. The number of hydrogen-bond acceptors (Lipinski definition) is 4. The number of nitrogens with one attached hydrogen (secondary N) is 1. The molecule has 0 radical (unpaired) electrons. The van der Waals surface area contributed by atoms with Gasteiger partial charge in [-0.1, -0.05) is 15.9 Å². The van der Waals surface area contributed by atoms with Gasteiger partial charge < -0.3 is 9.84 Å². The minimum Gasteiger partial charge on any atom is -0.478 e. The minimum absolute atomic E-state index is 0.0560. The molecule has 0 amide bonds.